The number of piperidine rings is 1. The van der Waals surface area contributed by atoms with Crippen molar-refractivity contribution in [2.75, 3.05) is 11.4 Å². The first kappa shape index (κ1) is 23.3. The van der Waals surface area contributed by atoms with Crippen molar-refractivity contribution in [1.29, 1.82) is 0 Å². The van der Waals surface area contributed by atoms with E-state index in [0.29, 0.717) is 22.7 Å². The van der Waals surface area contributed by atoms with Crippen molar-refractivity contribution in [1.82, 2.24) is 15.6 Å². The Kier molecular flexibility index (Phi) is 6.68. The first-order valence-electron chi connectivity index (χ1n) is 12.1. The average Bonchev–Trinajstić information content (AvgIpc) is 3.30. The van der Waals surface area contributed by atoms with E-state index in [0.717, 1.165) is 55.2 Å². The Labute approximate surface area is 208 Å². The molecule has 3 amide bonds. The molecule has 7 nitrogen and oxygen atoms in total. The summed E-state index contributed by atoms with van der Waals surface area (Å²) in [7, 11) is 0. The second-order valence-electron chi connectivity index (χ2n) is 9.18. The zero-order chi connectivity index (χ0) is 24.4. The van der Waals surface area contributed by atoms with Gasteiger partial charge in [0.05, 0.1) is 5.52 Å². The number of rotatable bonds is 5. The van der Waals surface area contributed by atoms with Crippen LogP contribution in [0.5, 0.6) is 0 Å². The van der Waals surface area contributed by atoms with Gasteiger partial charge < -0.3 is 15.5 Å². The molecule has 0 radical (unpaired) electrons. The third-order valence-corrected chi connectivity index (χ3v) is 7.04. The molecule has 2 fully saturated rings. The fraction of sp³-hybridized carbons (Fsp3) is 0.333. The highest BCUT2D eigenvalue weighted by Gasteiger charge is 2.30. The maximum Gasteiger partial charge on any atom is 0.251 e. The summed E-state index contributed by atoms with van der Waals surface area (Å²) >= 11 is 5.94. The number of benzene rings is 2. The van der Waals surface area contributed by atoms with Gasteiger partial charge in [0.1, 0.15) is 5.15 Å². The van der Waals surface area contributed by atoms with Gasteiger partial charge in [0.25, 0.3) is 11.8 Å². The number of hydrogen-bond acceptors (Lipinski definition) is 4. The van der Waals surface area contributed by atoms with Gasteiger partial charge in [-0.05, 0) is 86.7 Å². The molecule has 1 aliphatic heterocycles. The zero-order valence-electron chi connectivity index (χ0n) is 19.3. The van der Waals surface area contributed by atoms with E-state index in [2.05, 4.69) is 15.6 Å². The lowest BCUT2D eigenvalue weighted by Gasteiger charge is -2.27. The van der Waals surface area contributed by atoms with Crippen LogP contribution in [0, 0.1) is 0 Å². The number of nitrogens with zero attached hydrogens (tertiary/aromatic N) is 2. The number of amides is 3. The summed E-state index contributed by atoms with van der Waals surface area (Å²) in [4.78, 5) is 44.0. The van der Waals surface area contributed by atoms with Gasteiger partial charge in [-0.25, -0.2) is 4.98 Å². The number of fused-ring (bicyclic) bond motifs is 1. The Morgan fingerprint density at radius 3 is 2.26 bits per heavy atom. The highest BCUT2D eigenvalue weighted by Crippen LogP contribution is 2.24. The van der Waals surface area contributed by atoms with Gasteiger partial charge in [-0.3, -0.25) is 14.4 Å². The van der Waals surface area contributed by atoms with Gasteiger partial charge in [-0.2, -0.15) is 0 Å². The summed E-state index contributed by atoms with van der Waals surface area (Å²) in [6.07, 6.45) is 5.03. The second kappa shape index (κ2) is 10.0. The van der Waals surface area contributed by atoms with E-state index in [1.54, 1.807) is 41.3 Å². The van der Waals surface area contributed by atoms with Crippen molar-refractivity contribution in [3.8, 4) is 0 Å². The fourth-order valence-corrected chi connectivity index (χ4v) is 5.08. The van der Waals surface area contributed by atoms with Crippen molar-refractivity contribution < 1.29 is 14.4 Å². The number of carbonyl (C=O) groups excluding carboxylic acids is 3. The predicted molar refractivity (Wildman–Crippen MR) is 136 cm³/mol. The molecule has 0 spiro atoms. The Hall–Kier alpha value is -3.45. The van der Waals surface area contributed by atoms with Gasteiger partial charge in [0, 0.05) is 47.2 Å². The van der Waals surface area contributed by atoms with Crippen LogP contribution in [0.3, 0.4) is 0 Å². The van der Waals surface area contributed by atoms with Gasteiger partial charge in [0.2, 0.25) is 5.91 Å². The molecule has 2 unspecified atom stereocenters. The van der Waals surface area contributed by atoms with Crippen LogP contribution in [0.15, 0.2) is 54.6 Å². The van der Waals surface area contributed by atoms with Crippen LogP contribution in [0.2, 0.25) is 5.15 Å². The summed E-state index contributed by atoms with van der Waals surface area (Å²) in [5.41, 5.74) is 2.64. The van der Waals surface area contributed by atoms with Crippen LogP contribution < -0.4 is 15.5 Å². The lowest BCUT2D eigenvalue weighted by molar-refractivity contribution is -0.119. The minimum Gasteiger partial charge on any atom is -0.347 e. The van der Waals surface area contributed by atoms with Crippen LogP contribution in [0.4, 0.5) is 5.69 Å². The number of carbonyl (C=O) groups is 3. The predicted octanol–water partition coefficient (Wildman–Crippen LogP) is 4.49. The van der Waals surface area contributed by atoms with E-state index >= 15 is 0 Å². The minimum absolute atomic E-state index is 0.129. The van der Waals surface area contributed by atoms with E-state index in [1.807, 2.05) is 18.2 Å². The molecule has 5 rings (SSSR count). The highest BCUT2D eigenvalue weighted by atomic mass is 35.5. The molecule has 2 aromatic carbocycles. The van der Waals surface area contributed by atoms with Crippen LogP contribution in [-0.2, 0) is 4.79 Å². The molecule has 2 atom stereocenters. The van der Waals surface area contributed by atoms with E-state index in [4.69, 9.17) is 11.6 Å². The molecular weight excluding hydrogens is 464 g/mol. The Morgan fingerprint density at radius 1 is 0.857 bits per heavy atom. The number of hydrogen-bond donors (Lipinski definition) is 2. The maximum absolute atomic E-state index is 12.9. The van der Waals surface area contributed by atoms with Crippen molar-refractivity contribution in [3.05, 3.63) is 70.9 Å². The first-order valence-corrected chi connectivity index (χ1v) is 12.4. The van der Waals surface area contributed by atoms with Crippen molar-refractivity contribution in [2.45, 2.75) is 50.6 Å². The average molecular weight is 491 g/mol. The Bertz CT molecular complexity index is 1280. The molecule has 35 heavy (non-hydrogen) atoms. The summed E-state index contributed by atoms with van der Waals surface area (Å²) in [6.45, 7) is 0.718. The van der Waals surface area contributed by atoms with Crippen LogP contribution in [0.25, 0.3) is 10.9 Å². The van der Waals surface area contributed by atoms with Crippen LogP contribution in [-0.4, -0.2) is 41.3 Å². The lowest BCUT2D eigenvalue weighted by atomic mass is 10.1. The molecule has 2 aliphatic rings. The van der Waals surface area contributed by atoms with E-state index in [9.17, 15) is 14.4 Å². The van der Waals surface area contributed by atoms with Gasteiger partial charge in [-0.15, -0.1) is 0 Å². The second-order valence-corrected chi connectivity index (χ2v) is 9.57. The molecule has 1 saturated carbocycles. The summed E-state index contributed by atoms with van der Waals surface area (Å²) in [5.74, 6) is -0.227. The highest BCUT2D eigenvalue weighted by molar-refractivity contribution is 6.29. The molecule has 3 aromatic rings. The fourth-order valence-electron chi connectivity index (χ4n) is 4.92. The number of pyridine rings is 1. The quantitative estimate of drug-likeness (QED) is 0.516. The van der Waals surface area contributed by atoms with Gasteiger partial charge in [0.15, 0.2) is 0 Å². The lowest BCUT2D eigenvalue weighted by Crippen LogP contribution is -2.48. The topological polar surface area (TPSA) is 91.4 Å². The van der Waals surface area contributed by atoms with Crippen LogP contribution in [0.1, 0.15) is 59.2 Å². The smallest absolute Gasteiger partial charge is 0.251 e. The number of nitrogens with one attached hydrogen (secondary N) is 2. The Balaban J connectivity index is 1.22. The zero-order valence-corrected chi connectivity index (χ0v) is 20.1. The molecular formula is C27H27ClN4O3. The third kappa shape index (κ3) is 5.15. The molecule has 1 saturated heterocycles. The van der Waals surface area contributed by atoms with E-state index in [-0.39, 0.29) is 29.8 Å². The number of halogens is 1. The third-order valence-electron chi connectivity index (χ3n) is 6.83. The molecule has 8 heteroatoms. The first-order chi connectivity index (χ1) is 17.0. The van der Waals surface area contributed by atoms with Gasteiger partial charge >= 0.3 is 0 Å². The normalized spacial score (nSPS) is 20.1. The molecule has 0 bridgehead atoms. The minimum atomic E-state index is -0.179. The monoisotopic (exact) mass is 490 g/mol. The van der Waals surface area contributed by atoms with Crippen LogP contribution >= 0.6 is 11.6 Å². The molecule has 1 aliphatic carbocycles. The number of anilines is 1. The largest absolute Gasteiger partial charge is 0.347 e. The summed E-state index contributed by atoms with van der Waals surface area (Å²) in [6, 6.07) is 15.7. The molecule has 2 heterocycles. The van der Waals surface area contributed by atoms with E-state index in [1.165, 1.54) is 0 Å². The summed E-state index contributed by atoms with van der Waals surface area (Å²) < 4.78 is 0. The van der Waals surface area contributed by atoms with Gasteiger partial charge in [-0.1, -0.05) is 11.6 Å². The summed E-state index contributed by atoms with van der Waals surface area (Å²) in [5, 5.41) is 7.43. The SMILES string of the molecule is O=C(NC1CCCC1NC(=O)c1ccc2nc(Cl)ccc2c1)c1ccc(N2CCCCC2=O)cc1. The molecule has 2 N–H and O–H groups in total. The van der Waals surface area contributed by atoms with Crippen molar-refractivity contribution in [2.24, 2.45) is 0 Å². The number of aromatic nitrogens is 1. The molecule has 1 aromatic heterocycles. The standard InChI is InChI=1S/C27H27ClN4O3/c28-24-14-10-18-16-19(9-13-21(18)29-24)27(35)31-23-5-3-4-22(23)30-26(34)17-7-11-20(12-8-17)32-15-2-1-6-25(32)33/h7-14,16,22-23H,1-6,15H2,(H,30,34)(H,31,35). The molecule has 180 valence electrons. The maximum atomic E-state index is 12.9. The Morgan fingerprint density at radius 2 is 1.54 bits per heavy atom. The van der Waals surface area contributed by atoms with Crippen molar-refractivity contribution in [3.63, 3.8) is 0 Å². The van der Waals surface area contributed by atoms with E-state index < -0.39 is 0 Å². The van der Waals surface area contributed by atoms with Crippen molar-refractivity contribution >= 4 is 45.9 Å².